The van der Waals surface area contributed by atoms with E-state index in [1.54, 1.807) is 31.7 Å². The van der Waals surface area contributed by atoms with Crippen molar-refractivity contribution in [2.75, 3.05) is 11.4 Å². The van der Waals surface area contributed by atoms with Crippen molar-refractivity contribution >= 4 is 15.8 Å². The Balaban J connectivity index is 2.06. The Labute approximate surface area is 146 Å². The molecule has 1 unspecified atom stereocenters. The van der Waals surface area contributed by atoms with Gasteiger partial charge in [0.05, 0.1) is 17.0 Å². The first-order chi connectivity index (χ1) is 11.6. The van der Waals surface area contributed by atoms with Crippen molar-refractivity contribution in [3.63, 3.8) is 0 Å². The Morgan fingerprint density at radius 3 is 2.60 bits per heavy atom. The first-order valence-electron chi connectivity index (χ1n) is 8.13. The summed E-state index contributed by atoms with van der Waals surface area (Å²) in [5.74, 6) is -0.636. The predicted octanol–water partition coefficient (Wildman–Crippen LogP) is 3.48. The second kappa shape index (κ2) is 6.09. The van der Waals surface area contributed by atoms with Gasteiger partial charge in [-0.25, -0.2) is 17.2 Å². The summed E-state index contributed by atoms with van der Waals surface area (Å²) in [6.45, 7) is 5.34. The molecule has 1 aliphatic heterocycles. The number of rotatable bonds is 3. The Hall–Kier alpha value is -1.96. The van der Waals surface area contributed by atoms with E-state index >= 15 is 0 Å². The van der Waals surface area contributed by atoms with Crippen molar-refractivity contribution in [1.29, 1.82) is 0 Å². The van der Waals surface area contributed by atoms with Gasteiger partial charge >= 0.3 is 0 Å². The standard InChI is InChI=1S/C17H21F2N3O2S/c1-17(2,3)25(23,24)22-16(8-9-20-22)21-10-4-5-15(21)13-11-12(18)6-7-14(13)19/h6-9,11,15H,4-5,10H2,1-3H3. The lowest BCUT2D eigenvalue weighted by Crippen LogP contribution is -2.37. The van der Waals surface area contributed by atoms with Crippen LogP contribution in [0.4, 0.5) is 14.6 Å². The summed E-state index contributed by atoms with van der Waals surface area (Å²) in [7, 11) is -3.73. The molecule has 0 aliphatic carbocycles. The van der Waals surface area contributed by atoms with Crippen LogP contribution in [0.15, 0.2) is 30.5 Å². The fraction of sp³-hybridized carbons (Fsp3) is 0.471. The van der Waals surface area contributed by atoms with E-state index in [0.717, 1.165) is 22.6 Å². The van der Waals surface area contributed by atoms with Crippen molar-refractivity contribution in [1.82, 2.24) is 9.19 Å². The third-order valence-corrected chi connectivity index (χ3v) is 6.74. The smallest absolute Gasteiger partial charge is 0.260 e. The lowest BCUT2D eigenvalue weighted by molar-refractivity contribution is 0.539. The molecule has 5 nitrogen and oxygen atoms in total. The summed E-state index contributed by atoms with van der Waals surface area (Å²) in [6.07, 6.45) is 2.78. The van der Waals surface area contributed by atoms with Gasteiger partial charge in [0.15, 0.2) is 0 Å². The first kappa shape index (κ1) is 17.8. The first-order valence-corrected chi connectivity index (χ1v) is 9.57. The number of anilines is 1. The molecule has 0 saturated carbocycles. The Kier molecular flexibility index (Phi) is 4.35. The minimum absolute atomic E-state index is 0.235. The van der Waals surface area contributed by atoms with E-state index in [-0.39, 0.29) is 5.56 Å². The average Bonchev–Trinajstić information content (AvgIpc) is 3.16. The van der Waals surface area contributed by atoms with Crippen LogP contribution in [0.1, 0.15) is 45.2 Å². The fourth-order valence-corrected chi connectivity index (χ4v) is 4.18. The molecule has 2 aromatic rings. The van der Waals surface area contributed by atoms with Gasteiger partial charge in [0.2, 0.25) is 0 Å². The molecule has 1 aromatic carbocycles. The van der Waals surface area contributed by atoms with Gasteiger partial charge in [-0.3, -0.25) is 0 Å². The monoisotopic (exact) mass is 369 g/mol. The maximum absolute atomic E-state index is 14.2. The van der Waals surface area contributed by atoms with E-state index in [4.69, 9.17) is 0 Å². The molecule has 1 aromatic heterocycles. The number of benzene rings is 1. The van der Waals surface area contributed by atoms with Gasteiger partial charge in [0.25, 0.3) is 10.0 Å². The summed E-state index contributed by atoms with van der Waals surface area (Å²) in [6, 6.07) is 4.52. The SMILES string of the molecule is CC(C)(C)S(=O)(=O)n1nccc1N1CCCC1c1cc(F)ccc1F. The highest BCUT2D eigenvalue weighted by molar-refractivity contribution is 7.91. The third kappa shape index (κ3) is 3.03. The summed E-state index contributed by atoms with van der Waals surface area (Å²) in [5.41, 5.74) is 0.235. The maximum Gasteiger partial charge on any atom is 0.260 e. The average molecular weight is 369 g/mol. The normalized spacial score (nSPS) is 18.8. The van der Waals surface area contributed by atoms with Crippen LogP contribution >= 0.6 is 0 Å². The highest BCUT2D eigenvalue weighted by atomic mass is 32.2. The van der Waals surface area contributed by atoms with Gasteiger partial charge < -0.3 is 4.90 Å². The number of nitrogens with zero attached hydrogens (tertiary/aromatic N) is 3. The van der Waals surface area contributed by atoms with Crippen LogP contribution in [0.25, 0.3) is 0 Å². The molecule has 8 heteroatoms. The molecule has 1 saturated heterocycles. The van der Waals surface area contributed by atoms with Crippen molar-refractivity contribution in [3.05, 3.63) is 47.7 Å². The van der Waals surface area contributed by atoms with Gasteiger partial charge in [-0.15, -0.1) is 4.09 Å². The summed E-state index contributed by atoms with van der Waals surface area (Å²) < 4.78 is 53.4. The van der Waals surface area contributed by atoms with Gasteiger partial charge in [0.1, 0.15) is 17.5 Å². The van der Waals surface area contributed by atoms with Crippen molar-refractivity contribution in [2.45, 2.75) is 44.4 Å². The van der Waals surface area contributed by atoms with E-state index < -0.39 is 32.4 Å². The Bertz CT molecular complexity index is 888. The molecule has 25 heavy (non-hydrogen) atoms. The molecule has 1 atom stereocenters. The Morgan fingerprint density at radius 1 is 1.20 bits per heavy atom. The molecule has 0 bridgehead atoms. The molecule has 1 fully saturated rings. The van der Waals surface area contributed by atoms with E-state index in [1.807, 2.05) is 0 Å². The zero-order valence-electron chi connectivity index (χ0n) is 14.4. The van der Waals surface area contributed by atoms with Crippen LogP contribution in [0, 0.1) is 11.6 Å². The van der Waals surface area contributed by atoms with Crippen molar-refractivity contribution in [3.8, 4) is 0 Å². The second-order valence-electron chi connectivity index (χ2n) is 7.17. The zero-order valence-corrected chi connectivity index (χ0v) is 15.2. The summed E-state index contributed by atoms with van der Waals surface area (Å²) >= 11 is 0. The van der Waals surface area contributed by atoms with Gasteiger partial charge in [0, 0.05) is 18.2 Å². The largest absolute Gasteiger partial charge is 0.349 e. The quantitative estimate of drug-likeness (QED) is 0.831. The van der Waals surface area contributed by atoms with E-state index in [2.05, 4.69) is 5.10 Å². The highest BCUT2D eigenvalue weighted by Crippen LogP contribution is 2.38. The fourth-order valence-electron chi connectivity index (χ4n) is 3.07. The minimum Gasteiger partial charge on any atom is -0.349 e. The molecule has 0 spiro atoms. The Morgan fingerprint density at radius 2 is 1.92 bits per heavy atom. The number of halogens is 2. The molecular weight excluding hydrogens is 348 g/mol. The lowest BCUT2D eigenvalue weighted by Gasteiger charge is -2.29. The molecule has 0 N–H and O–H groups in total. The van der Waals surface area contributed by atoms with E-state index in [9.17, 15) is 17.2 Å². The highest BCUT2D eigenvalue weighted by Gasteiger charge is 2.37. The third-order valence-electron chi connectivity index (χ3n) is 4.46. The van der Waals surface area contributed by atoms with Gasteiger partial charge in [-0.1, -0.05) is 0 Å². The molecule has 136 valence electrons. The minimum atomic E-state index is -3.73. The molecular formula is C17H21F2N3O2S. The van der Waals surface area contributed by atoms with Crippen LogP contribution < -0.4 is 4.90 Å². The molecule has 0 radical (unpaired) electrons. The molecule has 2 heterocycles. The predicted molar refractivity (Wildman–Crippen MR) is 92.0 cm³/mol. The number of aromatic nitrogens is 2. The maximum atomic E-state index is 14.2. The van der Waals surface area contributed by atoms with Gasteiger partial charge in [-0.2, -0.15) is 5.10 Å². The number of hydrogen-bond donors (Lipinski definition) is 0. The lowest BCUT2D eigenvalue weighted by atomic mass is 10.0. The van der Waals surface area contributed by atoms with Crippen LogP contribution in [0.3, 0.4) is 0 Å². The topological polar surface area (TPSA) is 55.2 Å². The van der Waals surface area contributed by atoms with Gasteiger partial charge in [-0.05, 0) is 51.8 Å². The summed E-state index contributed by atoms with van der Waals surface area (Å²) in [4.78, 5) is 1.79. The molecule has 1 aliphatic rings. The van der Waals surface area contributed by atoms with E-state index in [1.165, 1.54) is 12.3 Å². The van der Waals surface area contributed by atoms with Crippen LogP contribution in [0.5, 0.6) is 0 Å². The zero-order chi connectivity index (χ0) is 18.4. The van der Waals surface area contributed by atoms with E-state index in [0.29, 0.717) is 18.8 Å². The molecule has 0 amide bonds. The second-order valence-corrected chi connectivity index (χ2v) is 9.69. The van der Waals surface area contributed by atoms with Crippen LogP contribution in [-0.4, -0.2) is 28.9 Å². The van der Waals surface area contributed by atoms with Crippen LogP contribution in [0.2, 0.25) is 0 Å². The van der Waals surface area contributed by atoms with Crippen LogP contribution in [-0.2, 0) is 10.0 Å². The number of hydrogen-bond acceptors (Lipinski definition) is 4. The van der Waals surface area contributed by atoms with Crippen molar-refractivity contribution < 1.29 is 17.2 Å². The van der Waals surface area contributed by atoms with Crippen molar-refractivity contribution in [2.24, 2.45) is 0 Å². The molecule has 3 rings (SSSR count). The summed E-state index contributed by atoms with van der Waals surface area (Å²) in [5, 5.41) is 3.99.